The molecule has 0 aliphatic rings. The molecule has 0 radical (unpaired) electrons. The van der Waals surface area contributed by atoms with Crippen LogP contribution in [0.2, 0.25) is 0 Å². The Labute approximate surface area is 109 Å². The Morgan fingerprint density at radius 2 is 2.06 bits per heavy atom. The van der Waals surface area contributed by atoms with Gasteiger partial charge in [-0.15, -0.1) is 0 Å². The summed E-state index contributed by atoms with van der Waals surface area (Å²) >= 11 is 0. The first-order valence-corrected chi connectivity index (χ1v) is 6.23. The predicted octanol–water partition coefficient (Wildman–Crippen LogP) is 1.86. The van der Waals surface area contributed by atoms with Gasteiger partial charge in [-0.3, -0.25) is 4.79 Å². The zero-order valence-electron chi connectivity index (χ0n) is 11.3. The molecule has 0 aliphatic heterocycles. The van der Waals surface area contributed by atoms with Gasteiger partial charge in [0.05, 0.1) is 13.2 Å². The summed E-state index contributed by atoms with van der Waals surface area (Å²) in [7, 11) is 1.63. The van der Waals surface area contributed by atoms with Crippen molar-refractivity contribution < 1.29 is 9.53 Å². The van der Waals surface area contributed by atoms with Gasteiger partial charge in [-0.1, -0.05) is 25.1 Å². The summed E-state index contributed by atoms with van der Waals surface area (Å²) < 4.78 is 5.28. The van der Waals surface area contributed by atoms with Gasteiger partial charge in [-0.25, -0.2) is 0 Å². The first kappa shape index (κ1) is 14.5. The Morgan fingerprint density at radius 3 is 2.67 bits per heavy atom. The van der Waals surface area contributed by atoms with Crippen LogP contribution in [-0.4, -0.2) is 19.6 Å². The maximum atomic E-state index is 11.9. The molecule has 0 saturated heterocycles. The second-order valence-electron chi connectivity index (χ2n) is 4.45. The van der Waals surface area contributed by atoms with Crippen LogP contribution >= 0.6 is 0 Å². The highest BCUT2D eigenvalue weighted by molar-refractivity contribution is 5.78. The summed E-state index contributed by atoms with van der Waals surface area (Å²) in [5.74, 6) is 0.753. The van der Waals surface area contributed by atoms with E-state index in [9.17, 15) is 4.79 Å². The highest BCUT2D eigenvalue weighted by Crippen LogP contribution is 2.24. The van der Waals surface area contributed by atoms with E-state index in [4.69, 9.17) is 10.5 Å². The molecule has 1 rings (SSSR count). The minimum absolute atomic E-state index is 0.0267. The minimum Gasteiger partial charge on any atom is -0.496 e. The molecule has 3 N–H and O–H groups in total. The van der Waals surface area contributed by atoms with Gasteiger partial charge in [0, 0.05) is 11.5 Å². The monoisotopic (exact) mass is 250 g/mol. The molecule has 4 nitrogen and oxygen atoms in total. The number of methoxy groups -OCH3 is 1. The summed E-state index contributed by atoms with van der Waals surface area (Å²) in [6.45, 7) is 4.36. The summed E-state index contributed by atoms with van der Waals surface area (Å²) in [5.41, 5.74) is 6.43. The number of rotatable bonds is 6. The van der Waals surface area contributed by atoms with Crippen LogP contribution < -0.4 is 15.8 Å². The fourth-order valence-electron chi connectivity index (χ4n) is 1.84. The van der Waals surface area contributed by atoms with Gasteiger partial charge in [-0.05, 0) is 26.0 Å². The maximum absolute atomic E-state index is 11.9. The van der Waals surface area contributed by atoms with Crippen LogP contribution in [0, 0.1) is 5.92 Å². The summed E-state index contributed by atoms with van der Waals surface area (Å²) in [5, 5.41) is 2.98. The van der Waals surface area contributed by atoms with E-state index in [1.807, 2.05) is 38.1 Å². The number of nitrogens with one attached hydrogen (secondary N) is 1. The summed E-state index contributed by atoms with van der Waals surface area (Å²) in [4.78, 5) is 11.9. The molecule has 2 atom stereocenters. The minimum atomic E-state index is -0.0751. The normalized spacial score (nSPS) is 13.8. The second kappa shape index (κ2) is 7.01. The van der Waals surface area contributed by atoms with E-state index in [2.05, 4.69) is 5.32 Å². The van der Waals surface area contributed by atoms with Crippen molar-refractivity contribution in [1.82, 2.24) is 5.32 Å². The first-order valence-electron chi connectivity index (χ1n) is 6.23. The van der Waals surface area contributed by atoms with Crippen LogP contribution in [0.25, 0.3) is 0 Å². The van der Waals surface area contributed by atoms with Crippen LogP contribution in [0.1, 0.15) is 31.9 Å². The van der Waals surface area contributed by atoms with Gasteiger partial charge in [0.15, 0.2) is 0 Å². The van der Waals surface area contributed by atoms with Crippen LogP contribution in [0.15, 0.2) is 24.3 Å². The quantitative estimate of drug-likeness (QED) is 0.810. The molecule has 18 heavy (non-hydrogen) atoms. The fraction of sp³-hybridized carbons (Fsp3) is 0.500. The highest BCUT2D eigenvalue weighted by Gasteiger charge is 2.17. The number of para-hydroxylation sites is 1. The van der Waals surface area contributed by atoms with Gasteiger partial charge in [0.2, 0.25) is 5.91 Å². The third-order valence-electron chi connectivity index (χ3n) is 3.01. The van der Waals surface area contributed by atoms with E-state index in [0.29, 0.717) is 13.0 Å². The number of hydrogen-bond acceptors (Lipinski definition) is 3. The summed E-state index contributed by atoms with van der Waals surface area (Å²) in [6, 6.07) is 7.62. The molecule has 1 unspecified atom stereocenters. The number of nitrogens with two attached hydrogens (primary N) is 1. The number of amides is 1. The predicted molar refractivity (Wildman–Crippen MR) is 72.4 cm³/mol. The third-order valence-corrected chi connectivity index (χ3v) is 3.01. The highest BCUT2D eigenvalue weighted by atomic mass is 16.5. The van der Waals surface area contributed by atoms with E-state index in [-0.39, 0.29) is 17.9 Å². The maximum Gasteiger partial charge on any atom is 0.223 e. The number of hydrogen-bond donors (Lipinski definition) is 2. The average molecular weight is 250 g/mol. The number of carbonyl (C=O) groups excluding carboxylic acids is 1. The molecule has 0 saturated carbocycles. The number of ether oxygens (including phenoxy) is 1. The lowest BCUT2D eigenvalue weighted by molar-refractivity contribution is -0.125. The zero-order chi connectivity index (χ0) is 13.5. The van der Waals surface area contributed by atoms with Crippen molar-refractivity contribution >= 4 is 5.91 Å². The lowest BCUT2D eigenvalue weighted by Crippen LogP contribution is -2.32. The van der Waals surface area contributed by atoms with Crippen molar-refractivity contribution in [2.24, 2.45) is 11.7 Å². The lowest BCUT2D eigenvalue weighted by atomic mass is 10.0. The third kappa shape index (κ3) is 3.74. The smallest absolute Gasteiger partial charge is 0.223 e. The van der Waals surface area contributed by atoms with Crippen molar-refractivity contribution in [3.63, 3.8) is 0 Å². The van der Waals surface area contributed by atoms with Crippen LogP contribution in [0.3, 0.4) is 0 Å². The van der Waals surface area contributed by atoms with Crippen molar-refractivity contribution in [2.75, 3.05) is 13.7 Å². The van der Waals surface area contributed by atoms with Crippen LogP contribution in [0.5, 0.6) is 5.75 Å². The van der Waals surface area contributed by atoms with Gasteiger partial charge >= 0.3 is 0 Å². The summed E-state index contributed by atoms with van der Waals surface area (Å²) in [6.07, 6.45) is 0.699. The van der Waals surface area contributed by atoms with E-state index in [1.54, 1.807) is 7.11 Å². The van der Waals surface area contributed by atoms with E-state index in [0.717, 1.165) is 11.3 Å². The Balaban J connectivity index is 2.70. The Morgan fingerprint density at radius 1 is 1.39 bits per heavy atom. The molecule has 0 heterocycles. The van der Waals surface area contributed by atoms with Crippen molar-refractivity contribution in [3.8, 4) is 5.75 Å². The molecule has 0 spiro atoms. The molecule has 0 aliphatic carbocycles. The fourth-order valence-corrected chi connectivity index (χ4v) is 1.84. The van der Waals surface area contributed by atoms with E-state index >= 15 is 0 Å². The zero-order valence-corrected chi connectivity index (χ0v) is 11.3. The molecule has 0 fully saturated rings. The van der Waals surface area contributed by atoms with E-state index < -0.39 is 0 Å². The topological polar surface area (TPSA) is 64.3 Å². The molecule has 0 bridgehead atoms. The Bertz CT molecular complexity index is 393. The average Bonchev–Trinajstić information content (AvgIpc) is 2.38. The van der Waals surface area contributed by atoms with Crippen molar-refractivity contribution in [2.45, 2.75) is 26.3 Å². The molecule has 1 aromatic carbocycles. The molecule has 1 amide bonds. The van der Waals surface area contributed by atoms with Gasteiger partial charge in [0.25, 0.3) is 0 Å². The Hall–Kier alpha value is -1.55. The van der Waals surface area contributed by atoms with Gasteiger partial charge < -0.3 is 15.8 Å². The number of benzene rings is 1. The second-order valence-corrected chi connectivity index (χ2v) is 4.45. The van der Waals surface area contributed by atoms with Gasteiger partial charge in [-0.2, -0.15) is 0 Å². The van der Waals surface area contributed by atoms with Crippen molar-refractivity contribution in [1.29, 1.82) is 0 Å². The SMILES string of the molecule is COc1ccccc1[C@H](C)NC(=O)C(C)CCN. The molecular weight excluding hydrogens is 228 g/mol. The largest absolute Gasteiger partial charge is 0.496 e. The standard InChI is InChI=1S/C14H22N2O2/c1-10(8-9-15)14(17)16-11(2)12-6-4-5-7-13(12)18-3/h4-7,10-11H,8-9,15H2,1-3H3,(H,16,17)/t10?,11-/m0/s1. The van der Waals surface area contributed by atoms with Crippen LogP contribution in [-0.2, 0) is 4.79 Å². The first-order chi connectivity index (χ1) is 8.60. The lowest BCUT2D eigenvalue weighted by Gasteiger charge is -2.19. The molecule has 1 aromatic rings. The van der Waals surface area contributed by atoms with Crippen molar-refractivity contribution in [3.05, 3.63) is 29.8 Å². The number of carbonyl (C=O) groups is 1. The van der Waals surface area contributed by atoms with E-state index in [1.165, 1.54) is 0 Å². The van der Waals surface area contributed by atoms with Crippen LogP contribution in [0.4, 0.5) is 0 Å². The molecule has 0 aromatic heterocycles. The molecule has 100 valence electrons. The van der Waals surface area contributed by atoms with Gasteiger partial charge in [0.1, 0.15) is 5.75 Å². The molecule has 4 heteroatoms. The molecular formula is C14H22N2O2. The Kier molecular flexibility index (Phi) is 5.65.